The predicted octanol–water partition coefficient (Wildman–Crippen LogP) is 2.52. The molecule has 20 heavy (non-hydrogen) atoms. The van der Waals surface area contributed by atoms with Crippen LogP contribution in [0.25, 0.3) is 0 Å². The number of hydrogen-bond donors (Lipinski definition) is 2. The fourth-order valence-electron chi connectivity index (χ4n) is 2.58. The van der Waals surface area contributed by atoms with E-state index in [1.165, 1.54) is 18.4 Å². The van der Waals surface area contributed by atoms with Gasteiger partial charge in [-0.15, -0.1) is 0 Å². The van der Waals surface area contributed by atoms with Crippen molar-refractivity contribution in [2.75, 3.05) is 26.2 Å². The van der Waals surface area contributed by atoms with E-state index in [9.17, 15) is 0 Å². The molecule has 1 saturated heterocycles. The number of nitrogens with one attached hydrogen (secondary N) is 1. The van der Waals surface area contributed by atoms with Crippen LogP contribution in [0.4, 0.5) is 0 Å². The molecule has 1 heterocycles. The van der Waals surface area contributed by atoms with Gasteiger partial charge in [0.15, 0.2) is 0 Å². The van der Waals surface area contributed by atoms with Crippen LogP contribution in [0.3, 0.4) is 0 Å². The van der Waals surface area contributed by atoms with E-state index in [2.05, 4.69) is 29.3 Å². The van der Waals surface area contributed by atoms with Gasteiger partial charge in [-0.25, -0.2) is 0 Å². The van der Waals surface area contributed by atoms with E-state index in [1.807, 2.05) is 12.1 Å². The van der Waals surface area contributed by atoms with E-state index in [0.29, 0.717) is 12.0 Å². The van der Waals surface area contributed by atoms with Crippen LogP contribution in [0.15, 0.2) is 24.3 Å². The number of hydrogen-bond acceptors (Lipinski definition) is 3. The summed E-state index contributed by atoms with van der Waals surface area (Å²) in [6.07, 6.45) is 2.37. The van der Waals surface area contributed by atoms with E-state index in [4.69, 9.17) is 16.7 Å². The molecular weight excluding hydrogens is 272 g/mol. The molecule has 0 saturated carbocycles. The number of piperidine rings is 1. The quantitative estimate of drug-likeness (QED) is 0.847. The molecule has 1 aromatic rings. The minimum atomic E-state index is 0.266. The fraction of sp³-hybridized carbons (Fsp3) is 0.625. The summed E-state index contributed by atoms with van der Waals surface area (Å²) >= 11 is 5.91. The Morgan fingerprint density at radius 3 is 2.55 bits per heavy atom. The maximum Gasteiger partial charge on any atom is 0.0468 e. The van der Waals surface area contributed by atoms with Crippen LogP contribution in [0, 0.1) is 5.92 Å². The summed E-state index contributed by atoms with van der Waals surface area (Å²) in [5.74, 6) is 0.349. The van der Waals surface area contributed by atoms with Gasteiger partial charge in [-0.2, -0.15) is 0 Å². The van der Waals surface area contributed by atoms with E-state index in [0.717, 1.165) is 31.2 Å². The Hall–Kier alpha value is -0.610. The van der Waals surface area contributed by atoms with Gasteiger partial charge in [0.05, 0.1) is 0 Å². The Balaban J connectivity index is 1.70. The lowest BCUT2D eigenvalue weighted by atomic mass is 10.0. The van der Waals surface area contributed by atoms with Gasteiger partial charge in [-0.3, -0.25) is 4.90 Å². The molecule has 3 nitrogen and oxygen atoms in total. The molecule has 2 N–H and O–H groups in total. The number of likely N-dealkylation sites (tertiary alicyclic amines) is 1. The lowest BCUT2D eigenvalue weighted by molar-refractivity contribution is 0.180. The van der Waals surface area contributed by atoms with Crippen molar-refractivity contribution in [3.63, 3.8) is 0 Å². The van der Waals surface area contributed by atoms with Gasteiger partial charge in [0.1, 0.15) is 0 Å². The predicted molar refractivity (Wildman–Crippen MR) is 84.0 cm³/mol. The van der Waals surface area contributed by atoms with Gasteiger partial charge in [0.25, 0.3) is 0 Å². The second-order valence-corrected chi connectivity index (χ2v) is 6.31. The molecule has 0 amide bonds. The standard InChI is InChI=1S/C16H25ClN2O/c1-13(12-20)10-18-16-6-8-19(9-7-16)11-14-2-4-15(17)5-3-14/h2-5,13,16,18,20H,6-12H2,1H3. The highest BCUT2D eigenvalue weighted by molar-refractivity contribution is 6.30. The molecule has 0 bridgehead atoms. The van der Waals surface area contributed by atoms with Crippen molar-refractivity contribution >= 4 is 11.6 Å². The minimum absolute atomic E-state index is 0.266. The Morgan fingerprint density at radius 2 is 1.95 bits per heavy atom. The van der Waals surface area contributed by atoms with Crippen molar-refractivity contribution < 1.29 is 5.11 Å². The Bertz CT molecular complexity index is 388. The van der Waals surface area contributed by atoms with Crippen molar-refractivity contribution in [3.05, 3.63) is 34.9 Å². The first-order valence-electron chi connectivity index (χ1n) is 7.48. The van der Waals surface area contributed by atoms with Crippen LogP contribution in [0.5, 0.6) is 0 Å². The SMILES string of the molecule is CC(CO)CNC1CCN(Cc2ccc(Cl)cc2)CC1. The second-order valence-electron chi connectivity index (χ2n) is 5.87. The fourth-order valence-corrected chi connectivity index (χ4v) is 2.70. The third kappa shape index (κ3) is 5.06. The highest BCUT2D eigenvalue weighted by atomic mass is 35.5. The number of aliphatic hydroxyl groups is 1. The third-order valence-electron chi connectivity index (χ3n) is 3.97. The zero-order chi connectivity index (χ0) is 14.4. The summed E-state index contributed by atoms with van der Waals surface area (Å²) in [4.78, 5) is 2.50. The van der Waals surface area contributed by atoms with Gasteiger partial charge in [0, 0.05) is 30.8 Å². The monoisotopic (exact) mass is 296 g/mol. The molecule has 4 heteroatoms. The van der Waals surface area contributed by atoms with Gasteiger partial charge in [0.2, 0.25) is 0 Å². The molecule has 1 fully saturated rings. The Labute approximate surface area is 126 Å². The molecule has 1 unspecified atom stereocenters. The van der Waals surface area contributed by atoms with Crippen LogP contribution in [0.1, 0.15) is 25.3 Å². The number of benzene rings is 1. The second kappa shape index (κ2) is 7.99. The molecule has 0 aromatic heterocycles. The zero-order valence-electron chi connectivity index (χ0n) is 12.2. The largest absolute Gasteiger partial charge is 0.396 e. The maximum absolute atomic E-state index is 9.03. The normalized spacial score (nSPS) is 19.1. The van der Waals surface area contributed by atoms with E-state index < -0.39 is 0 Å². The summed E-state index contributed by atoms with van der Waals surface area (Å²) in [7, 11) is 0. The topological polar surface area (TPSA) is 35.5 Å². The molecule has 1 aliphatic rings. The molecule has 0 radical (unpaired) electrons. The van der Waals surface area contributed by atoms with E-state index in [-0.39, 0.29) is 6.61 Å². The number of rotatable bonds is 6. The summed E-state index contributed by atoms with van der Waals surface area (Å²) in [5, 5.41) is 13.4. The van der Waals surface area contributed by atoms with E-state index in [1.54, 1.807) is 0 Å². The first-order valence-corrected chi connectivity index (χ1v) is 7.86. The molecule has 2 rings (SSSR count). The first kappa shape index (κ1) is 15.8. The molecule has 112 valence electrons. The van der Waals surface area contributed by atoms with Crippen LogP contribution in [-0.2, 0) is 6.54 Å². The number of aliphatic hydroxyl groups excluding tert-OH is 1. The Kier molecular flexibility index (Phi) is 6.30. The lowest BCUT2D eigenvalue weighted by Crippen LogP contribution is -2.43. The number of nitrogens with zero attached hydrogens (tertiary/aromatic N) is 1. The molecule has 1 atom stereocenters. The molecule has 1 aromatic carbocycles. The van der Waals surface area contributed by atoms with Crippen LogP contribution in [-0.4, -0.2) is 42.3 Å². The highest BCUT2D eigenvalue weighted by Gasteiger charge is 2.19. The summed E-state index contributed by atoms with van der Waals surface area (Å²) in [6, 6.07) is 8.74. The van der Waals surface area contributed by atoms with Crippen molar-refractivity contribution in [1.29, 1.82) is 0 Å². The molecule has 0 spiro atoms. The van der Waals surface area contributed by atoms with E-state index >= 15 is 0 Å². The summed E-state index contributed by atoms with van der Waals surface area (Å²) in [6.45, 7) is 6.53. The van der Waals surface area contributed by atoms with Crippen molar-refractivity contribution in [2.24, 2.45) is 5.92 Å². The van der Waals surface area contributed by atoms with Crippen molar-refractivity contribution in [3.8, 4) is 0 Å². The van der Waals surface area contributed by atoms with Gasteiger partial charge >= 0.3 is 0 Å². The number of halogens is 1. The maximum atomic E-state index is 9.03. The third-order valence-corrected chi connectivity index (χ3v) is 4.23. The van der Waals surface area contributed by atoms with Gasteiger partial charge < -0.3 is 10.4 Å². The van der Waals surface area contributed by atoms with Crippen LogP contribution in [0.2, 0.25) is 5.02 Å². The van der Waals surface area contributed by atoms with Gasteiger partial charge in [-0.1, -0.05) is 30.7 Å². The molecule has 1 aliphatic heterocycles. The Morgan fingerprint density at radius 1 is 1.30 bits per heavy atom. The van der Waals surface area contributed by atoms with Crippen molar-refractivity contribution in [2.45, 2.75) is 32.4 Å². The average Bonchev–Trinajstić information content (AvgIpc) is 2.48. The summed E-state index contributed by atoms with van der Waals surface area (Å²) < 4.78 is 0. The van der Waals surface area contributed by atoms with Crippen molar-refractivity contribution in [1.82, 2.24) is 10.2 Å². The van der Waals surface area contributed by atoms with Crippen LogP contribution < -0.4 is 5.32 Å². The minimum Gasteiger partial charge on any atom is -0.396 e. The lowest BCUT2D eigenvalue weighted by Gasteiger charge is -2.33. The molecule has 0 aliphatic carbocycles. The highest BCUT2D eigenvalue weighted by Crippen LogP contribution is 2.16. The average molecular weight is 297 g/mol. The first-order chi connectivity index (χ1) is 9.67. The summed E-state index contributed by atoms with van der Waals surface area (Å²) in [5.41, 5.74) is 1.33. The van der Waals surface area contributed by atoms with Crippen LogP contribution >= 0.6 is 11.6 Å². The smallest absolute Gasteiger partial charge is 0.0468 e. The molecular formula is C16H25ClN2O. The zero-order valence-corrected chi connectivity index (χ0v) is 12.9. The van der Waals surface area contributed by atoms with Gasteiger partial charge in [-0.05, 0) is 49.5 Å².